The molecule has 2 rings (SSSR count). The second-order valence-electron chi connectivity index (χ2n) is 7.34. The van der Waals surface area contributed by atoms with Gasteiger partial charge in [0.05, 0.1) is 6.42 Å². The first-order chi connectivity index (χ1) is 14.3. The highest BCUT2D eigenvalue weighted by molar-refractivity contribution is 7.15. The van der Waals surface area contributed by atoms with E-state index in [1.807, 2.05) is 6.92 Å². The minimum absolute atomic E-state index is 0.204. The number of anilines is 1. The maximum atomic E-state index is 13.3. The minimum Gasteiger partial charge on any atom is -0.344 e. The van der Waals surface area contributed by atoms with E-state index in [1.54, 1.807) is 0 Å². The third kappa shape index (κ3) is 7.44. The molecule has 0 aliphatic heterocycles. The molecule has 0 fully saturated rings. The smallest absolute Gasteiger partial charge is 0.248 e. The van der Waals surface area contributed by atoms with Gasteiger partial charge in [0.2, 0.25) is 16.9 Å². The molecule has 0 saturated carbocycles. The Labute approximate surface area is 179 Å². The third-order valence-corrected chi connectivity index (χ3v) is 5.67. The Bertz CT molecular complexity index is 839. The quantitative estimate of drug-likeness (QED) is 0.538. The second-order valence-corrected chi connectivity index (χ2v) is 8.35. The fraction of sp³-hybridized carbons (Fsp3) is 0.524. The van der Waals surface area contributed by atoms with Gasteiger partial charge < -0.3 is 5.32 Å². The predicted molar refractivity (Wildman–Crippen MR) is 113 cm³/mol. The summed E-state index contributed by atoms with van der Waals surface area (Å²) in [5, 5.41) is 14.8. The molecular weight excluding hydrogens is 410 g/mol. The number of aromatic nitrogens is 2. The second kappa shape index (κ2) is 11.7. The molecule has 2 aromatic rings. The average Bonchev–Trinajstić information content (AvgIpc) is 3.13. The Morgan fingerprint density at radius 2 is 1.77 bits per heavy atom. The van der Waals surface area contributed by atoms with Crippen molar-refractivity contribution >= 4 is 28.3 Å². The van der Waals surface area contributed by atoms with Gasteiger partial charge in [-0.05, 0) is 30.5 Å². The normalized spacial score (nSPS) is 13.0. The first-order valence-corrected chi connectivity index (χ1v) is 11.0. The van der Waals surface area contributed by atoms with Crippen LogP contribution >= 0.6 is 11.3 Å². The number of hydrogen-bond acceptors (Lipinski definition) is 5. The van der Waals surface area contributed by atoms with Crippen LogP contribution in [0.4, 0.5) is 13.9 Å². The molecule has 164 valence electrons. The van der Waals surface area contributed by atoms with Gasteiger partial charge in [0.1, 0.15) is 22.7 Å². The lowest BCUT2D eigenvalue weighted by Crippen LogP contribution is -2.44. The van der Waals surface area contributed by atoms with E-state index in [9.17, 15) is 18.4 Å². The minimum atomic E-state index is -0.772. The van der Waals surface area contributed by atoms with Crippen LogP contribution in [-0.2, 0) is 16.0 Å². The lowest BCUT2D eigenvalue weighted by Gasteiger charge is -2.17. The van der Waals surface area contributed by atoms with Crippen LogP contribution in [-0.4, -0.2) is 28.1 Å². The third-order valence-electron chi connectivity index (χ3n) is 4.60. The number of carbonyl (C=O) groups excluding carboxylic acids is 2. The number of carbonyl (C=O) groups is 2. The van der Waals surface area contributed by atoms with E-state index in [0.29, 0.717) is 18.0 Å². The van der Waals surface area contributed by atoms with Crippen LogP contribution in [0.1, 0.15) is 69.4 Å². The van der Waals surface area contributed by atoms with Crippen LogP contribution in [0.5, 0.6) is 0 Å². The van der Waals surface area contributed by atoms with Gasteiger partial charge in [-0.3, -0.25) is 14.9 Å². The molecule has 2 N–H and O–H groups in total. The van der Waals surface area contributed by atoms with Gasteiger partial charge in [0.25, 0.3) is 0 Å². The van der Waals surface area contributed by atoms with Gasteiger partial charge in [0, 0.05) is 12.0 Å². The summed E-state index contributed by atoms with van der Waals surface area (Å²) in [6, 6.07) is 2.17. The number of hydrogen-bond donors (Lipinski definition) is 2. The van der Waals surface area contributed by atoms with Crippen molar-refractivity contribution in [2.24, 2.45) is 0 Å². The number of unbranched alkanes of at least 4 members (excludes halogenated alkanes) is 1. The van der Waals surface area contributed by atoms with Gasteiger partial charge >= 0.3 is 0 Å². The Balaban J connectivity index is 1.97. The van der Waals surface area contributed by atoms with E-state index < -0.39 is 23.6 Å². The highest BCUT2D eigenvalue weighted by Crippen LogP contribution is 2.27. The Morgan fingerprint density at radius 1 is 1.07 bits per heavy atom. The topological polar surface area (TPSA) is 84.0 Å². The van der Waals surface area contributed by atoms with Gasteiger partial charge in [-0.2, -0.15) is 0 Å². The van der Waals surface area contributed by atoms with Crippen molar-refractivity contribution in [2.45, 2.75) is 71.3 Å². The molecule has 2 amide bonds. The van der Waals surface area contributed by atoms with Crippen molar-refractivity contribution in [1.82, 2.24) is 15.5 Å². The van der Waals surface area contributed by atoms with E-state index in [4.69, 9.17) is 0 Å². The summed E-state index contributed by atoms with van der Waals surface area (Å²) in [4.78, 5) is 25.0. The monoisotopic (exact) mass is 438 g/mol. The maximum Gasteiger partial charge on any atom is 0.248 e. The first kappa shape index (κ1) is 23.9. The molecule has 0 spiro atoms. The molecule has 0 bridgehead atoms. The fourth-order valence-corrected chi connectivity index (χ4v) is 3.84. The summed E-state index contributed by atoms with van der Waals surface area (Å²) in [6.45, 7) is 6.11. The summed E-state index contributed by atoms with van der Waals surface area (Å²) >= 11 is 1.33. The maximum absolute atomic E-state index is 13.3. The van der Waals surface area contributed by atoms with E-state index >= 15 is 0 Å². The molecule has 0 radical (unpaired) electrons. The fourth-order valence-electron chi connectivity index (χ4n) is 3.01. The highest BCUT2D eigenvalue weighted by Gasteiger charge is 2.22. The molecule has 0 aliphatic rings. The molecule has 1 aromatic carbocycles. The van der Waals surface area contributed by atoms with Crippen molar-refractivity contribution < 1.29 is 18.4 Å². The lowest BCUT2D eigenvalue weighted by atomic mass is 10.1. The Kier molecular flexibility index (Phi) is 9.29. The molecule has 0 saturated heterocycles. The van der Waals surface area contributed by atoms with Crippen molar-refractivity contribution in [3.8, 4) is 0 Å². The summed E-state index contributed by atoms with van der Waals surface area (Å²) in [7, 11) is 0. The number of amides is 2. The van der Waals surface area contributed by atoms with Crippen molar-refractivity contribution in [1.29, 1.82) is 0 Å². The van der Waals surface area contributed by atoms with Gasteiger partial charge in [-0.15, -0.1) is 10.2 Å². The molecular formula is C21H28F2N4O2S. The van der Waals surface area contributed by atoms with Crippen LogP contribution < -0.4 is 10.6 Å². The van der Waals surface area contributed by atoms with Crippen molar-refractivity contribution in [3.05, 3.63) is 40.4 Å². The van der Waals surface area contributed by atoms with Gasteiger partial charge in [-0.25, -0.2) is 8.78 Å². The molecule has 0 aliphatic carbocycles. The first-order valence-electron chi connectivity index (χ1n) is 10.2. The van der Waals surface area contributed by atoms with E-state index in [1.165, 1.54) is 11.3 Å². The van der Waals surface area contributed by atoms with Crippen LogP contribution in [0.25, 0.3) is 0 Å². The van der Waals surface area contributed by atoms with Crippen molar-refractivity contribution in [2.75, 3.05) is 5.32 Å². The molecule has 2 atom stereocenters. The van der Waals surface area contributed by atoms with Gasteiger partial charge in [-0.1, -0.05) is 51.4 Å². The highest BCUT2D eigenvalue weighted by atomic mass is 32.1. The zero-order chi connectivity index (χ0) is 22.1. The van der Waals surface area contributed by atoms with E-state index in [-0.39, 0.29) is 23.8 Å². The summed E-state index contributed by atoms with van der Waals surface area (Å²) in [5.41, 5.74) is 0.204. The zero-order valence-corrected chi connectivity index (χ0v) is 18.3. The number of halogens is 2. The number of rotatable bonds is 11. The van der Waals surface area contributed by atoms with Gasteiger partial charge in [0.15, 0.2) is 0 Å². The van der Waals surface area contributed by atoms with Crippen LogP contribution in [0.15, 0.2) is 18.2 Å². The zero-order valence-electron chi connectivity index (χ0n) is 17.5. The molecule has 1 heterocycles. The lowest BCUT2D eigenvalue weighted by molar-refractivity contribution is -0.126. The van der Waals surface area contributed by atoms with E-state index in [2.05, 4.69) is 34.7 Å². The largest absolute Gasteiger partial charge is 0.344 e. The SMILES string of the molecule is CCCCC(C)c1nnc(NC(=O)C(CCC)NC(=O)Cc2cc(F)cc(F)c2)s1. The average molecular weight is 439 g/mol. The van der Waals surface area contributed by atoms with Crippen LogP contribution in [0.3, 0.4) is 0 Å². The van der Waals surface area contributed by atoms with E-state index in [0.717, 1.165) is 42.5 Å². The molecule has 30 heavy (non-hydrogen) atoms. The van der Waals surface area contributed by atoms with Crippen LogP contribution in [0.2, 0.25) is 0 Å². The molecule has 1 aromatic heterocycles. The summed E-state index contributed by atoms with van der Waals surface area (Å²) in [6.07, 6.45) is 4.08. The summed E-state index contributed by atoms with van der Waals surface area (Å²) < 4.78 is 26.6. The molecule has 9 heteroatoms. The van der Waals surface area contributed by atoms with Crippen LogP contribution in [0, 0.1) is 11.6 Å². The predicted octanol–water partition coefficient (Wildman–Crippen LogP) is 4.58. The molecule has 6 nitrogen and oxygen atoms in total. The standard InChI is InChI=1S/C21H28F2N4O2S/c1-4-6-8-13(3)20-26-27-21(30-20)25-19(29)17(7-5-2)24-18(28)11-14-9-15(22)12-16(23)10-14/h9-10,12-13,17H,4-8,11H2,1-3H3,(H,24,28)(H,25,27,29). The number of nitrogens with one attached hydrogen (secondary N) is 2. The number of nitrogens with zero attached hydrogens (tertiary/aromatic N) is 2. The Morgan fingerprint density at radius 3 is 2.40 bits per heavy atom. The summed E-state index contributed by atoms with van der Waals surface area (Å²) in [5.74, 6) is -2.10. The Hall–Kier alpha value is -2.42. The van der Waals surface area contributed by atoms with Crippen molar-refractivity contribution in [3.63, 3.8) is 0 Å². The number of benzene rings is 1. The molecule has 2 unspecified atom stereocenters.